The highest BCUT2D eigenvalue weighted by Gasteiger charge is 2.07. The van der Waals surface area contributed by atoms with E-state index in [9.17, 15) is 4.79 Å². The molecule has 0 saturated heterocycles. The molecule has 7 heteroatoms. The van der Waals surface area contributed by atoms with Gasteiger partial charge in [-0.25, -0.2) is 0 Å². The van der Waals surface area contributed by atoms with Crippen molar-refractivity contribution in [3.05, 3.63) is 34.2 Å². The summed E-state index contributed by atoms with van der Waals surface area (Å²) in [6, 6.07) is 4.66. The Bertz CT molecular complexity index is 442. The topological polar surface area (TPSA) is 104 Å². The van der Waals surface area contributed by atoms with E-state index in [2.05, 4.69) is 31.3 Å². The Balaban J connectivity index is 3.09. The summed E-state index contributed by atoms with van der Waals surface area (Å²) in [5.74, 6) is -0.524. The molecule has 0 heterocycles. The summed E-state index contributed by atoms with van der Waals surface area (Å²) in [5, 5.41) is 7.20. The average Bonchev–Trinajstić information content (AvgIpc) is 2.26. The van der Waals surface area contributed by atoms with E-state index in [-0.39, 0.29) is 0 Å². The number of hydrogen-bond donors (Lipinski definition) is 2. The average molecular weight is 284 g/mol. The fourth-order valence-electron chi connectivity index (χ4n) is 1.19. The molecule has 1 amide bonds. The van der Waals surface area contributed by atoms with Gasteiger partial charge in [0.25, 0.3) is 5.91 Å². The van der Waals surface area contributed by atoms with Crippen molar-refractivity contribution in [1.82, 2.24) is 0 Å². The number of carbonyl (C=O) groups excluding carboxylic acids is 1. The molecule has 0 atom stereocenters. The van der Waals surface area contributed by atoms with Crippen LogP contribution in [0.4, 0.5) is 11.4 Å². The number of hydrogen-bond acceptors (Lipinski definition) is 3. The summed E-state index contributed by atoms with van der Waals surface area (Å²) in [6.45, 7) is 0.639. The van der Waals surface area contributed by atoms with Crippen LogP contribution in [0.3, 0.4) is 0 Å². The molecule has 84 valence electrons. The van der Waals surface area contributed by atoms with Crippen LogP contribution >= 0.6 is 15.9 Å². The fraction of sp³-hybridized carbons (Fsp3) is 0.222. The summed E-state index contributed by atoms with van der Waals surface area (Å²) < 4.78 is 0. The Hall–Kier alpha value is -1.72. The zero-order valence-electron chi connectivity index (χ0n) is 8.35. The number of primary amides is 1. The minimum atomic E-state index is -0.524. The maximum atomic E-state index is 11.1. The molecule has 0 aliphatic carbocycles. The summed E-state index contributed by atoms with van der Waals surface area (Å²) in [7, 11) is 0. The van der Waals surface area contributed by atoms with E-state index < -0.39 is 5.91 Å². The number of azide groups is 1. The number of anilines is 1. The van der Waals surface area contributed by atoms with Crippen LogP contribution in [0.25, 0.3) is 10.4 Å². The molecule has 1 aromatic rings. The Morgan fingerprint density at radius 3 is 2.94 bits per heavy atom. The van der Waals surface area contributed by atoms with Gasteiger partial charge in [0, 0.05) is 28.2 Å². The summed E-state index contributed by atoms with van der Waals surface area (Å²) in [4.78, 5) is 13.8. The minimum absolute atomic E-state index is 0.373. The second-order valence-corrected chi connectivity index (χ2v) is 3.69. The van der Waals surface area contributed by atoms with Crippen LogP contribution in [0.2, 0.25) is 0 Å². The van der Waals surface area contributed by atoms with Gasteiger partial charge in [-0.15, -0.1) is 0 Å². The first-order chi connectivity index (χ1) is 7.69. The van der Waals surface area contributed by atoms with Crippen molar-refractivity contribution < 1.29 is 4.79 Å². The normalized spacial score (nSPS) is 9.31. The maximum Gasteiger partial charge on any atom is 0.250 e. The lowest BCUT2D eigenvalue weighted by Crippen LogP contribution is -2.15. The van der Waals surface area contributed by atoms with Crippen LogP contribution in [-0.2, 0) is 0 Å². The van der Waals surface area contributed by atoms with Crippen molar-refractivity contribution in [3.63, 3.8) is 0 Å². The number of rotatable bonds is 5. The number of benzene rings is 1. The van der Waals surface area contributed by atoms with E-state index in [0.29, 0.717) is 23.5 Å². The summed E-state index contributed by atoms with van der Waals surface area (Å²) in [5.41, 5.74) is 14.9. The highest BCUT2D eigenvalue weighted by Crippen LogP contribution is 2.22. The number of nitrogens with two attached hydrogens (primary N) is 1. The monoisotopic (exact) mass is 283 g/mol. The molecule has 0 bridgehead atoms. The first kappa shape index (κ1) is 12.4. The van der Waals surface area contributed by atoms with Crippen LogP contribution < -0.4 is 11.1 Å². The molecule has 0 spiro atoms. The number of amides is 1. The molecule has 1 rings (SSSR count). The van der Waals surface area contributed by atoms with E-state index in [0.717, 1.165) is 5.33 Å². The van der Waals surface area contributed by atoms with Gasteiger partial charge >= 0.3 is 0 Å². The van der Waals surface area contributed by atoms with E-state index >= 15 is 0 Å². The van der Waals surface area contributed by atoms with Gasteiger partial charge in [-0.05, 0) is 17.7 Å². The fourth-order valence-corrected chi connectivity index (χ4v) is 1.39. The Kier molecular flexibility index (Phi) is 4.63. The van der Waals surface area contributed by atoms with Gasteiger partial charge in [0.1, 0.15) is 0 Å². The molecule has 0 unspecified atom stereocenters. The second kappa shape index (κ2) is 5.99. The molecule has 1 aromatic carbocycles. The highest BCUT2D eigenvalue weighted by atomic mass is 79.9. The van der Waals surface area contributed by atoms with Crippen LogP contribution in [0.15, 0.2) is 23.3 Å². The van der Waals surface area contributed by atoms with Crippen molar-refractivity contribution in [2.75, 3.05) is 17.2 Å². The zero-order valence-corrected chi connectivity index (χ0v) is 9.94. The van der Waals surface area contributed by atoms with Crippen LogP contribution in [0.5, 0.6) is 0 Å². The standard InChI is InChI=1S/C9H10BrN5O/c10-3-4-13-8-5-6(14-15-12)1-2-7(8)9(11)16/h1-2,5,13H,3-4H2,(H2,11,16). The molecule has 0 radical (unpaired) electrons. The number of nitrogens with zero attached hydrogens (tertiary/aromatic N) is 3. The third kappa shape index (κ3) is 3.15. The van der Waals surface area contributed by atoms with E-state index in [4.69, 9.17) is 11.3 Å². The van der Waals surface area contributed by atoms with Gasteiger partial charge in [0.05, 0.1) is 5.56 Å². The smallest absolute Gasteiger partial charge is 0.250 e. The molecule has 0 aliphatic heterocycles. The van der Waals surface area contributed by atoms with E-state index in [1.165, 1.54) is 6.07 Å². The second-order valence-electron chi connectivity index (χ2n) is 2.90. The predicted octanol–water partition coefficient (Wildman–Crippen LogP) is 2.53. The van der Waals surface area contributed by atoms with Crippen LogP contribution in [-0.4, -0.2) is 17.8 Å². The van der Waals surface area contributed by atoms with Crippen LogP contribution in [0, 0.1) is 0 Å². The number of carbonyl (C=O) groups is 1. The van der Waals surface area contributed by atoms with Crippen molar-refractivity contribution in [2.24, 2.45) is 10.8 Å². The van der Waals surface area contributed by atoms with Crippen molar-refractivity contribution in [1.29, 1.82) is 0 Å². The molecular formula is C9H10BrN5O. The molecular weight excluding hydrogens is 274 g/mol. The number of nitrogens with one attached hydrogen (secondary N) is 1. The highest BCUT2D eigenvalue weighted by molar-refractivity contribution is 9.09. The molecule has 0 saturated carbocycles. The summed E-state index contributed by atoms with van der Waals surface area (Å²) in [6.07, 6.45) is 0. The number of halogens is 1. The van der Waals surface area contributed by atoms with Crippen LogP contribution in [0.1, 0.15) is 10.4 Å². The van der Waals surface area contributed by atoms with Gasteiger partial charge in [0.2, 0.25) is 0 Å². The lowest BCUT2D eigenvalue weighted by Gasteiger charge is -2.09. The van der Waals surface area contributed by atoms with E-state index in [1.54, 1.807) is 12.1 Å². The predicted molar refractivity (Wildman–Crippen MR) is 66.0 cm³/mol. The summed E-state index contributed by atoms with van der Waals surface area (Å²) >= 11 is 3.26. The first-order valence-corrected chi connectivity index (χ1v) is 5.60. The lowest BCUT2D eigenvalue weighted by molar-refractivity contribution is 0.100. The van der Waals surface area contributed by atoms with Gasteiger partial charge in [0.15, 0.2) is 0 Å². The zero-order chi connectivity index (χ0) is 12.0. The van der Waals surface area contributed by atoms with Crippen molar-refractivity contribution in [3.8, 4) is 0 Å². The minimum Gasteiger partial charge on any atom is -0.384 e. The SMILES string of the molecule is [N-]=[N+]=Nc1ccc(C(N)=O)c(NCCBr)c1. The Morgan fingerprint density at radius 1 is 1.62 bits per heavy atom. The first-order valence-electron chi connectivity index (χ1n) is 4.48. The van der Waals surface area contributed by atoms with Gasteiger partial charge < -0.3 is 11.1 Å². The third-order valence-corrected chi connectivity index (χ3v) is 2.24. The number of alkyl halides is 1. The molecule has 0 aromatic heterocycles. The molecule has 16 heavy (non-hydrogen) atoms. The van der Waals surface area contributed by atoms with Crippen molar-refractivity contribution >= 4 is 33.2 Å². The Morgan fingerprint density at radius 2 is 2.38 bits per heavy atom. The van der Waals surface area contributed by atoms with Gasteiger partial charge in [-0.1, -0.05) is 27.1 Å². The Labute approximate surface area is 101 Å². The van der Waals surface area contributed by atoms with E-state index in [1.807, 2.05) is 0 Å². The van der Waals surface area contributed by atoms with Gasteiger partial charge in [-0.3, -0.25) is 4.79 Å². The quantitative estimate of drug-likeness (QED) is 0.375. The third-order valence-electron chi connectivity index (χ3n) is 1.84. The largest absolute Gasteiger partial charge is 0.384 e. The lowest BCUT2D eigenvalue weighted by atomic mass is 10.1. The maximum absolute atomic E-state index is 11.1. The molecule has 0 fully saturated rings. The molecule has 0 aliphatic rings. The molecule has 3 N–H and O–H groups in total. The molecule has 6 nitrogen and oxygen atoms in total. The van der Waals surface area contributed by atoms with Gasteiger partial charge in [-0.2, -0.15) is 0 Å². The van der Waals surface area contributed by atoms with Crippen molar-refractivity contribution in [2.45, 2.75) is 0 Å².